The third-order valence-corrected chi connectivity index (χ3v) is 5.06. The molecular formula is C9H12N2O4S2. The Bertz CT molecular complexity index is 519. The Morgan fingerprint density at radius 2 is 2.35 bits per heavy atom. The largest absolute Gasteiger partial charge is 0.469 e. The highest BCUT2D eigenvalue weighted by Crippen LogP contribution is 2.30. The summed E-state index contributed by atoms with van der Waals surface area (Å²) in [6.07, 6.45) is 1.46. The normalized spacial score (nSPS) is 15.6. The van der Waals surface area contributed by atoms with Crippen molar-refractivity contribution in [2.45, 2.75) is 24.5 Å². The molecule has 0 bridgehead atoms. The van der Waals surface area contributed by atoms with Gasteiger partial charge in [0.15, 0.2) is 5.13 Å². The van der Waals surface area contributed by atoms with Gasteiger partial charge in [0.2, 0.25) is 10.0 Å². The lowest BCUT2D eigenvalue weighted by Crippen LogP contribution is -2.17. The molecule has 1 fully saturated rings. The topological polar surface area (TPSA) is 85.4 Å². The Hall–Kier alpha value is -1.15. The second-order valence-electron chi connectivity index (χ2n) is 3.74. The van der Waals surface area contributed by atoms with E-state index in [1.807, 2.05) is 0 Å². The molecule has 17 heavy (non-hydrogen) atoms. The highest BCUT2D eigenvalue weighted by atomic mass is 32.2. The SMILES string of the molecule is COC(=O)Cc1csc(NS(=O)(=O)C2CC2)n1. The molecule has 0 saturated heterocycles. The minimum atomic E-state index is -3.28. The zero-order chi connectivity index (χ0) is 12.5. The quantitative estimate of drug-likeness (QED) is 0.803. The van der Waals surface area contributed by atoms with E-state index < -0.39 is 16.0 Å². The number of carbonyl (C=O) groups is 1. The van der Waals surface area contributed by atoms with Crippen LogP contribution in [0.1, 0.15) is 18.5 Å². The zero-order valence-corrected chi connectivity index (χ0v) is 10.8. The van der Waals surface area contributed by atoms with E-state index in [9.17, 15) is 13.2 Å². The van der Waals surface area contributed by atoms with Gasteiger partial charge in [-0.15, -0.1) is 11.3 Å². The highest BCUT2D eigenvalue weighted by Gasteiger charge is 2.36. The van der Waals surface area contributed by atoms with Crippen molar-refractivity contribution in [3.63, 3.8) is 0 Å². The number of aromatic nitrogens is 1. The molecule has 6 nitrogen and oxygen atoms in total. The molecule has 1 aliphatic carbocycles. The Morgan fingerprint density at radius 3 is 2.94 bits per heavy atom. The maximum Gasteiger partial charge on any atom is 0.311 e. The van der Waals surface area contributed by atoms with Crippen LogP contribution < -0.4 is 4.72 Å². The minimum absolute atomic E-state index is 0.0537. The number of nitrogens with zero attached hydrogens (tertiary/aromatic N) is 1. The molecule has 94 valence electrons. The Balaban J connectivity index is 2.01. The Labute approximate surface area is 103 Å². The van der Waals surface area contributed by atoms with Crippen molar-refractivity contribution in [2.75, 3.05) is 11.8 Å². The maximum atomic E-state index is 11.6. The highest BCUT2D eigenvalue weighted by molar-refractivity contribution is 7.93. The number of anilines is 1. The van der Waals surface area contributed by atoms with Gasteiger partial charge in [0.1, 0.15) is 0 Å². The average molecular weight is 276 g/mol. The molecule has 0 aliphatic heterocycles. The van der Waals surface area contributed by atoms with Crippen molar-refractivity contribution >= 4 is 32.5 Å². The van der Waals surface area contributed by atoms with Crippen LogP contribution in [0.25, 0.3) is 0 Å². The second-order valence-corrected chi connectivity index (χ2v) is 6.56. The molecule has 1 aliphatic rings. The number of carbonyl (C=O) groups excluding carboxylic acids is 1. The first-order chi connectivity index (χ1) is 8.01. The third-order valence-electron chi connectivity index (χ3n) is 2.30. The molecule has 1 aromatic rings. The minimum Gasteiger partial charge on any atom is -0.469 e. The molecule has 2 rings (SSSR count). The number of nitrogens with one attached hydrogen (secondary N) is 1. The van der Waals surface area contributed by atoms with Crippen LogP contribution in [0.5, 0.6) is 0 Å². The summed E-state index contributed by atoms with van der Waals surface area (Å²) >= 11 is 1.16. The molecule has 0 atom stereocenters. The lowest BCUT2D eigenvalue weighted by Gasteiger charge is -2.01. The first-order valence-electron chi connectivity index (χ1n) is 5.04. The van der Waals surface area contributed by atoms with Gasteiger partial charge >= 0.3 is 5.97 Å². The van der Waals surface area contributed by atoms with Crippen LogP contribution in [-0.4, -0.2) is 31.7 Å². The summed E-state index contributed by atoms with van der Waals surface area (Å²) < 4.78 is 30.1. The molecule has 1 aromatic heterocycles. The first-order valence-corrected chi connectivity index (χ1v) is 7.46. The van der Waals surface area contributed by atoms with Crippen LogP contribution in [0.3, 0.4) is 0 Å². The van der Waals surface area contributed by atoms with Crippen LogP contribution in [0, 0.1) is 0 Å². The van der Waals surface area contributed by atoms with Gasteiger partial charge in [0.05, 0.1) is 24.5 Å². The van der Waals surface area contributed by atoms with Crippen molar-refractivity contribution in [1.29, 1.82) is 0 Å². The fourth-order valence-electron chi connectivity index (χ4n) is 1.24. The molecule has 0 spiro atoms. The molecule has 0 aromatic carbocycles. The average Bonchev–Trinajstić information content (AvgIpc) is 3.04. The van der Waals surface area contributed by atoms with E-state index in [0.29, 0.717) is 23.7 Å². The van der Waals surface area contributed by atoms with Gasteiger partial charge in [-0.1, -0.05) is 0 Å². The molecule has 0 unspecified atom stereocenters. The van der Waals surface area contributed by atoms with Gasteiger partial charge in [-0.25, -0.2) is 13.4 Å². The summed E-state index contributed by atoms with van der Waals surface area (Å²) in [6, 6.07) is 0. The number of sulfonamides is 1. The summed E-state index contributed by atoms with van der Waals surface area (Å²) in [7, 11) is -1.98. The zero-order valence-electron chi connectivity index (χ0n) is 9.17. The molecule has 1 saturated carbocycles. The number of hydrogen-bond donors (Lipinski definition) is 1. The smallest absolute Gasteiger partial charge is 0.311 e. The van der Waals surface area contributed by atoms with E-state index in [1.54, 1.807) is 5.38 Å². The molecule has 8 heteroatoms. The molecule has 0 amide bonds. The van der Waals surface area contributed by atoms with Crippen LogP contribution in [0.4, 0.5) is 5.13 Å². The third kappa shape index (κ3) is 3.16. The lowest BCUT2D eigenvalue weighted by atomic mass is 10.3. The molecule has 1 N–H and O–H groups in total. The fourth-order valence-corrected chi connectivity index (χ4v) is 3.55. The lowest BCUT2D eigenvalue weighted by molar-refractivity contribution is -0.139. The standard InChI is InChI=1S/C9H12N2O4S2/c1-15-8(12)4-6-5-16-9(10-6)11-17(13,14)7-2-3-7/h5,7H,2-4H2,1H3,(H,10,11). The van der Waals surface area contributed by atoms with Crippen LogP contribution in [0.2, 0.25) is 0 Å². The van der Waals surface area contributed by atoms with Crippen molar-refractivity contribution in [3.8, 4) is 0 Å². The number of thiazole rings is 1. The number of hydrogen-bond acceptors (Lipinski definition) is 6. The molecular weight excluding hydrogens is 264 g/mol. The van der Waals surface area contributed by atoms with Gasteiger partial charge < -0.3 is 4.74 Å². The van der Waals surface area contributed by atoms with Crippen molar-refractivity contribution < 1.29 is 17.9 Å². The maximum absolute atomic E-state index is 11.6. The summed E-state index contributed by atoms with van der Waals surface area (Å²) in [4.78, 5) is 15.0. The summed E-state index contributed by atoms with van der Waals surface area (Å²) in [5.74, 6) is -0.396. The van der Waals surface area contributed by atoms with Crippen LogP contribution in [-0.2, 0) is 26.0 Å². The number of rotatable bonds is 5. The van der Waals surface area contributed by atoms with Crippen LogP contribution in [0.15, 0.2) is 5.38 Å². The van der Waals surface area contributed by atoms with E-state index in [0.717, 1.165) is 11.3 Å². The van der Waals surface area contributed by atoms with E-state index >= 15 is 0 Å². The summed E-state index contributed by atoms with van der Waals surface area (Å²) in [5.41, 5.74) is 0.510. The van der Waals surface area contributed by atoms with Gasteiger partial charge in [0, 0.05) is 5.38 Å². The summed E-state index contributed by atoms with van der Waals surface area (Å²) in [6.45, 7) is 0. The predicted octanol–water partition coefficient (Wildman–Crippen LogP) is 0.763. The van der Waals surface area contributed by atoms with E-state index in [1.165, 1.54) is 7.11 Å². The Kier molecular flexibility index (Phi) is 3.34. The van der Waals surface area contributed by atoms with Crippen molar-refractivity contribution in [2.24, 2.45) is 0 Å². The molecule has 0 radical (unpaired) electrons. The van der Waals surface area contributed by atoms with Gasteiger partial charge in [0.25, 0.3) is 0 Å². The fraction of sp³-hybridized carbons (Fsp3) is 0.556. The number of ether oxygens (including phenoxy) is 1. The van der Waals surface area contributed by atoms with Gasteiger partial charge in [-0.2, -0.15) is 0 Å². The van der Waals surface area contributed by atoms with Gasteiger partial charge in [-0.05, 0) is 12.8 Å². The van der Waals surface area contributed by atoms with Crippen LogP contribution >= 0.6 is 11.3 Å². The first kappa shape index (κ1) is 12.3. The van der Waals surface area contributed by atoms with Crippen molar-refractivity contribution in [1.82, 2.24) is 4.98 Å². The van der Waals surface area contributed by atoms with E-state index in [4.69, 9.17) is 0 Å². The number of methoxy groups -OCH3 is 1. The second kappa shape index (κ2) is 4.61. The summed E-state index contributed by atoms with van der Waals surface area (Å²) in [5, 5.41) is 1.66. The van der Waals surface area contributed by atoms with Crippen molar-refractivity contribution in [3.05, 3.63) is 11.1 Å². The van der Waals surface area contributed by atoms with Gasteiger partial charge in [-0.3, -0.25) is 9.52 Å². The van der Waals surface area contributed by atoms with E-state index in [-0.39, 0.29) is 11.7 Å². The monoisotopic (exact) mass is 276 g/mol. The molecule has 1 heterocycles. The Morgan fingerprint density at radius 1 is 1.65 bits per heavy atom. The van der Waals surface area contributed by atoms with E-state index in [2.05, 4.69) is 14.4 Å². The predicted molar refractivity (Wildman–Crippen MR) is 63.4 cm³/mol. The number of esters is 1.